The van der Waals surface area contributed by atoms with Gasteiger partial charge in [-0.2, -0.15) is 0 Å². The van der Waals surface area contributed by atoms with E-state index in [0.29, 0.717) is 18.0 Å². The molecule has 0 saturated carbocycles. The van der Waals surface area contributed by atoms with Gasteiger partial charge in [-0.05, 0) is 55.5 Å². The number of hydrogen-bond donors (Lipinski definition) is 2. The fourth-order valence-corrected chi connectivity index (χ4v) is 2.86. The minimum Gasteiger partial charge on any atom is -0.494 e. The van der Waals surface area contributed by atoms with Crippen molar-refractivity contribution in [2.24, 2.45) is 0 Å². The van der Waals surface area contributed by atoms with Crippen LogP contribution in [0.4, 0.5) is 11.4 Å². The van der Waals surface area contributed by atoms with Crippen LogP contribution in [0.2, 0.25) is 0 Å². The zero-order valence-electron chi connectivity index (χ0n) is 12.0. The molecule has 0 atom stereocenters. The molecule has 2 aromatic carbocycles. The number of sulfonamides is 1. The lowest BCUT2D eigenvalue weighted by molar-refractivity contribution is 0.340. The summed E-state index contributed by atoms with van der Waals surface area (Å²) in [5.41, 5.74) is 1.43. The van der Waals surface area contributed by atoms with Crippen LogP contribution >= 0.6 is 0 Å². The summed E-state index contributed by atoms with van der Waals surface area (Å²) in [5, 5.41) is 2.98. The van der Waals surface area contributed by atoms with E-state index in [1.165, 1.54) is 12.1 Å². The summed E-state index contributed by atoms with van der Waals surface area (Å²) in [4.78, 5) is 0.198. The Labute approximate surface area is 125 Å². The minimum atomic E-state index is -3.59. The van der Waals surface area contributed by atoms with E-state index in [1.807, 2.05) is 6.92 Å². The molecule has 21 heavy (non-hydrogen) atoms. The highest BCUT2D eigenvalue weighted by molar-refractivity contribution is 7.92. The Kier molecular flexibility index (Phi) is 4.70. The molecule has 0 heterocycles. The Morgan fingerprint density at radius 2 is 1.52 bits per heavy atom. The van der Waals surface area contributed by atoms with E-state index < -0.39 is 10.0 Å². The molecular weight excluding hydrogens is 288 g/mol. The van der Waals surface area contributed by atoms with Crippen molar-refractivity contribution < 1.29 is 13.2 Å². The van der Waals surface area contributed by atoms with Crippen molar-refractivity contribution >= 4 is 21.4 Å². The monoisotopic (exact) mass is 306 g/mol. The topological polar surface area (TPSA) is 67.4 Å². The van der Waals surface area contributed by atoms with Crippen molar-refractivity contribution in [3.05, 3.63) is 48.5 Å². The predicted octanol–water partition coefficient (Wildman–Crippen LogP) is 2.93. The summed E-state index contributed by atoms with van der Waals surface area (Å²) in [6.45, 7) is 2.42. The number of benzene rings is 2. The summed E-state index contributed by atoms with van der Waals surface area (Å²) in [6.07, 6.45) is 0. The molecule has 112 valence electrons. The van der Waals surface area contributed by atoms with Gasteiger partial charge in [-0.25, -0.2) is 8.42 Å². The molecule has 0 aliphatic carbocycles. The Morgan fingerprint density at radius 3 is 2.05 bits per heavy atom. The van der Waals surface area contributed by atoms with Crippen LogP contribution < -0.4 is 14.8 Å². The number of ether oxygens (including phenoxy) is 1. The largest absolute Gasteiger partial charge is 0.494 e. The van der Waals surface area contributed by atoms with Gasteiger partial charge in [0.15, 0.2) is 0 Å². The average Bonchev–Trinajstić information content (AvgIpc) is 2.48. The predicted molar refractivity (Wildman–Crippen MR) is 84.4 cm³/mol. The van der Waals surface area contributed by atoms with Crippen LogP contribution in [0.3, 0.4) is 0 Å². The second-order valence-electron chi connectivity index (χ2n) is 4.34. The Morgan fingerprint density at radius 1 is 0.952 bits per heavy atom. The van der Waals surface area contributed by atoms with Crippen LogP contribution in [-0.4, -0.2) is 22.1 Å². The minimum absolute atomic E-state index is 0.198. The van der Waals surface area contributed by atoms with Crippen LogP contribution in [0.5, 0.6) is 5.75 Å². The third-order valence-electron chi connectivity index (χ3n) is 2.87. The first-order valence-corrected chi connectivity index (χ1v) is 8.07. The summed E-state index contributed by atoms with van der Waals surface area (Å²) in [5.74, 6) is 0.648. The van der Waals surface area contributed by atoms with Crippen LogP contribution in [0.15, 0.2) is 53.4 Å². The normalized spacial score (nSPS) is 11.0. The van der Waals surface area contributed by atoms with Gasteiger partial charge in [0.2, 0.25) is 0 Å². The van der Waals surface area contributed by atoms with E-state index in [-0.39, 0.29) is 4.90 Å². The smallest absolute Gasteiger partial charge is 0.261 e. The highest BCUT2D eigenvalue weighted by Gasteiger charge is 2.14. The number of rotatable bonds is 6. The summed E-state index contributed by atoms with van der Waals surface area (Å²) in [6, 6.07) is 13.3. The van der Waals surface area contributed by atoms with E-state index in [4.69, 9.17) is 4.74 Å². The van der Waals surface area contributed by atoms with E-state index in [1.54, 1.807) is 43.4 Å². The van der Waals surface area contributed by atoms with Gasteiger partial charge in [-0.1, -0.05) is 0 Å². The lowest BCUT2D eigenvalue weighted by atomic mass is 10.3. The molecule has 0 spiro atoms. The maximum atomic E-state index is 12.3. The van der Waals surface area contributed by atoms with Gasteiger partial charge in [0.1, 0.15) is 5.75 Å². The lowest BCUT2D eigenvalue weighted by Crippen LogP contribution is -2.12. The quantitative estimate of drug-likeness (QED) is 0.861. The highest BCUT2D eigenvalue weighted by atomic mass is 32.2. The Bertz CT molecular complexity index is 680. The second kappa shape index (κ2) is 6.49. The van der Waals surface area contributed by atoms with E-state index in [2.05, 4.69) is 10.0 Å². The molecular formula is C15H18N2O3S. The average molecular weight is 306 g/mol. The number of anilines is 2. The van der Waals surface area contributed by atoms with Crippen molar-refractivity contribution in [2.45, 2.75) is 11.8 Å². The second-order valence-corrected chi connectivity index (χ2v) is 6.02. The van der Waals surface area contributed by atoms with Gasteiger partial charge in [0, 0.05) is 18.4 Å². The molecule has 6 heteroatoms. The summed E-state index contributed by atoms with van der Waals surface area (Å²) in [7, 11) is -1.79. The maximum absolute atomic E-state index is 12.3. The number of nitrogens with one attached hydrogen (secondary N) is 2. The van der Waals surface area contributed by atoms with Gasteiger partial charge >= 0.3 is 0 Å². The first-order valence-electron chi connectivity index (χ1n) is 6.58. The van der Waals surface area contributed by atoms with Crippen molar-refractivity contribution in [1.82, 2.24) is 0 Å². The van der Waals surface area contributed by atoms with E-state index in [9.17, 15) is 8.42 Å². The van der Waals surface area contributed by atoms with Gasteiger partial charge in [0.05, 0.1) is 11.5 Å². The fourth-order valence-electron chi connectivity index (χ4n) is 1.80. The van der Waals surface area contributed by atoms with Crippen molar-refractivity contribution in [2.75, 3.05) is 23.7 Å². The first kappa shape index (κ1) is 15.2. The molecule has 5 nitrogen and oxygen atoms in total. The van der Waals surface area contributed by atoms with Crippen LogP contribution in [0, 0.1) is 0 Å². The van der Waals surface area contributed by atoms with Gasteiger partial charge in [-0.15, -0.1) is 0 Å². The van der Waals surface area contributed by atoms with Crippen LogP contribution in [0.25, 0.3) is 0 Å². The van der Waals surface area contributed by atoms with Crippen LogP contribution in [0.1, 0.15) is 6.92 Å². The van der Waals surface area contributed by atoms with Crippen LogP contribution in [-0.2, 0) is 10.0 Å². The molecule has 0 unspecified atom stereocenters. The molecule has 0 saturated heterocycles. The molecule has 2 aromatic rings. The molecule has 0 aromatic heterocycles. The number of hydrogen-bond acceptors (Lipinski definition) is 4. The third-order valence-corrected chi connectivity index (χ3v) is 4.27. The summed E-state index contributed by atoms with van der Waals surface area (Å²) >= 11 is 0. The van der Waals surface area contributed by atoms with E-state index in [0.717, 1.165) is 5.69 Å². The molecule has 0 amide bonds. The molecule has 2 N–H and O–H groups in total. The zero-order chi connectivity index (χ0) is 15.3. The fraction of sp³-hybridized carbons (Fsp3) is 0.200. The van der Waals surface area contributed by atoms with Gasteiger partial charge < -0.3 is 10.1 Å². The Balaban J connectivity index is 2.16. The van der Waals surface area contributed by atoms with Gasteiger partial charge in [0.25, 0.3) is 10.0 Å². The maximum Gasteiger partial charge on any atom is 0.261 e. The lowest BCUT2D eigenvalue weighted by Gasteiger charge is -2.09. The van der Waals surface area contributed by atoms with Gasteiger partial charge in [-0.3, -0.25) is 4.72 Å². The van der Waals surface area contributed by atoms with E-state index >= 15 is 0 Å². The zero-order valence-corrected chi connectivity index (χ0v) is 12.8. The molecule has 0 fully saturated rings. The highest BCUT2D eigenvalue weighted by Crippen LogP contribution is 2.20. The molecule has 0 aliphatic rings. The molecule has 0 aliphatic heterocycles. The Hall–Kier alpha value is -2.21. The van der Waals surface area contributed by atoms with Crippen molar-refractivity contribution in [3.8, 4) is 5.75 Å². The SMILES string of the molecule is CCOc1ccc(S(=O)(=O)Nc2ccc(NC)cc2)cc1. The molecule has 0 radical (unpaired) electrons. The molecule has 0 bridgehead atoms. The summed E-state index contributed by atoms with van der Waals surface area (Å²) < 4.78 is 32.4. The third kappa shape index (κ3) is 3.88. The molecule has 2 rings (SSSR count). The van der Waals surface area contributed by atoms with Crippen molar-refractivity contribution in [1.29, 1.82) is 0 Å². The first-order chi connectivity index (χ1) is 10.0. The van der Waals surface area contributed by atoms with Crippen molar-refractivity contribution in [3.63, 3.8) is 0 Å². The standard InChI is InChI=1S/C15H18N2O3S/c1-3-20-14-8-10-15(11-9-14)21(18,19)17-13-6-4-12(16-2)5-7-13/h4-11,16-17H,3H2,1-2H3.